The molecule has 0 saturated carbocycles. The molecule has 0 amide bonds. The second-order valence-corrected chi connectivity index (χ2v) is 10.5. The Bertz CT molecular complexity index is 971. The van der Waals surface area contributed by atoms with Crippen molar-refractivity contribution >= 4 is 8.56 Å². The summed E-state index contributed by atoms with van der Waals surface area (Å²) in [5, 5.41) is 0. The maximum Gasteiger partial charge on any atom is 0.392 e. The fraction of sp³-hybridized carbons (Fsp3) is 0.0667. The van der Waals surface area contributed by atoms with Crippen LogP contribution in [0.1, 0.15) is 34.5 Å². The van der Waals surface area contributed by atoms with Crippen molar-refractivity contribution in [3.05, 3.63) is 168 Å². The molecular weight excluding hydrogens is 420 g/mol. The van der Waals surface area contributed by atoms with Crippen molar-refractivity contribution in [2.75, 3.05) is 0 Å². The van der Waals surface area contributed by atoms with Gasteiger partial charge in [0, 0.05) is 0 Å². The highest BCUT2D eigenvalue weighted by atomic mass is 28.4. The highest BCUT2D eigenvalue weighted by Crippen LogP contribution is 2.35. The Morgan fingerprint density at radius 1 is 0.455 bits per heavy atom. The molecule has 0 bridgehead atoms. The van der Waals surface area contributed by atoms with Gasteiger partial charge in [-0.2, -0.15) is 0 Å². The van der Waals surface area contributed by atoms with Gasteiger partial charge in [0.25, 0.3) is 0 Å². The van der Waals surface area contributed by atoms with E-state index >= 15 is 0 Å². The number of hydrogen-bond acceptors (Lipinski definition) is 2. The molecule has 0 saturated heterocycles. The molecule has 0 fully saturated rings. The van der Waals surface area contributed by atoms with Crippen LogP contribution in [-0.2, 0) is 8.85 Å². The summed E-state index contributed by atoms with van der Waals surface area (Å²) in [6.45, 7) is 8.25. The topological polar surface area (TPSA) is 18.5 Å². The number of rotatable bonds is 10. The van der Waals surface area contributed by atoms with Gasteiger partial charge in [-0.25, -0.2) is 0 Å². The van der Waals surface area contributed by atoms with E-state index in [1.54, 1.807) is 0 Å². The molecule has 4 aromatic rings. The summed E-state index contributed by atoms with van der Waals surface area (Å²) in [7, 11) is -3.07. The van der Waals surface area contributed by atoms with E-state index in [1.165, 1.54) is 0 Å². The Morgan fingerprint density at radius 3 is 0.909 bits per heavy atom. The number of benzene rings is 4. The van der Waals surface area contributed by atoms with E-state index in [2.05, 4.69) is 61.7 Å². The third-order valence-corrected chi connectivity index (χ3v) is 7.93. The van der Waals surface area contributed by atoms with Crippen LogP contribution in [0, 0.1) is 0 Å². The van der Waals surface area contributed by atoms with Gasteiger partial charge in [0.15, 0.2) is 0 Å². The fourth-order valence-electron chi connectivity index (χ4n) is 3.84. The molecule has 0 unspecified atom stereocenters. The second kappa shape index (κ2) is 10.9. The molecule has 2 nitrogen and oxygen atoms in total. The molecule has 0 radical (unpaired) electrons. The van der Waals surface area contributed by atoms with Gasteiger partial charge in [-0.3, -0.25) is 0 Å². The molecule has 0 atom stereocenters. The lowest BCUT2D eigenvalue weighted by Crippen LogP contribution is -2.41. The summed E-state index contributed by atoms with van der Waals surface area (Å²) >= 11 is 0. The van der Waals surface area contributed by atoms with Crippen molar-refractivity contribution in [1.29, 1.82) is 0 Å². The molecule has 0 heterocycles. The van der Waals surface area contributed by atoms with Gasteiger partial charge in [-0.15, -0.1) is 13.2 Å². The maximum absolute atomic E-state index is 6.86. The standard InChI is InChI=1S/C30H28O2Si/c1-3-33(4-2,31-29(25-17-9-5-10-18-25)26-19-11-6-12-20-26)32-30(27-21-13-7-14-22-27)28-23-15-8-16-24-28/h3-24,29-30H,1-2H2. The van der Waals surface area contributed by atoms with Gasteiger partial charge in [0.2, 0.25) is 0 Å². The summed E-state index contributed by atoms with van der Waals surface area (Å²) < 4.78 is 13.7. The van der Waals surface area contributed by atoms with Crippen molar-refractivity contribution in [3.8, 4) is 0 Å². The SMILES string of the molecule is C=C[Si](C=C)(OC(c1ccccc1)c1ccccc1)OC(c1ccccc1)c1ccccc1. The van der Waals surface area contributed by atoms with E-state index in [-0.39, 0.29) is 12.2 Å². The quantitative estimate of drug-likeness (QED) is 0.234. The zero-order valence-corrected chi connectivity index (χ0v) is 19.6. The smallest absolute Gasteiger partial charge is 0.377 e. The Labute approximate surface area is 197 Å². The molecule has 164 valence electrons. The zero-order valence-electron chi connectivity index (χ0n) is 18.6. The van der Waals surface area contributed by atoms with Crippen molar-refractivity contribution in [2.24, 2.45) is 0 Å². The van der Waals surface area contributed by atoms with E-state index < -0.39 is 8.56 Å². The van der Waals surface area contributed by atoms with Gasteiger partial charge in [0.05, 0.1) is 12.2 Å². The largest absolute Gasteiger partial charge is 0.392 e. The van der Waals surface area contributed by atoms with Gasteiger partial charge < -0.3 is 8.85 Å². The van der Waals surface area contributed by atoms with Crippen LogP contribution in [0.25, 0.3) is 0 Å². The molecule has 0 aliphatic heterocycles. The molecule has 0 spiro atoms. The molecule has 0 N–H and O–H groups in total. The Hall–Kier alpha value is -3.50. The molecule has 0 aliphatic carbocycles. The highest BCUT2D eigenvalue weighted by molar-refractivity contribution is 6.77. The van der Waals surface area contributed by atoms with Gasteiger partial charge >= 0.3 is 8.56 Å². The van der Waals surface area contributed by atoms with Gasteiger partial charge in [0.1, 0.15) is 0 Å². The lowest BCUT2D eigenvalue weighted by atomic mass is 10.0. The third kappa shape index (κ3) is 5.47. The lowest BCUT2D eigenvalue weighted by Gasteiger charge is -2.34. The van der Waals surface area contributed by atoms with Crippen LogP contribution < -0.4 is 0 Å². The Balaban J connectivity index is 1.74. The maximum atomic E-state index is 6.86. The van der Waals surface area contributed by atoms with Gasteiger partial charge in [-0.1, -0.05) is 121 Å². The fourth-order valence-corrected chi connectivity index (χ4v) is 5.73. The average Bonchev–Trinajstić information content (AvgIpc) is 2.91. The molecule has 3 heteroatoms. The minimum absolute atomic E-state index is 0.303. The van der Waals surface area contributed by atoms with Crippen LogP contribution in [0.3, 0.4) is 0 Å². The summed E-state index contributed by atoms with van der Waals surface area (Å²) in [6.07, 6.45) is -0.607. The normalized spacial score (nSPS) is 11.5. The summed E-state index contributed by atoms with van der Waals surface area (Å²) in [4.78, 5) is 0. The highest BCUT2D eigenvalue weighted by Gasteiger charge is 2.38. The van der Waals surface area contributed by atoms with E-state index in [1.807, 2.05) is 84.2 Å². The van der Waals surface area contributed by atoms with E-state index in [0.717, 1.165) is 22.3 Å². The summed E-state index contributed by atoms with van der Waals surface area (Å²) in [5.74, 6) is 0. The van der Waals surface area contributed by atoms with Crippen molar-refractivity contribution in [2.45, 2.75) is 12.2 Å². The van der Waals surface area contributed by atoms with Crippen LogP contribution in [0.4, 0.5) is 0 Å². The van der Waals surface area contributed by atoms with Crippen molar-refractivity contribution in [1.82, 2.24) is 0 Å². The molecule has 0 aromatic heterocycles. The van der Waals surface area contributed by atoms with Crippen LogP contribution in [0.15, 0.2) is 146 Å². The zero-order chi connectivity index (χ0) is 22.9. The minimum Gasteiger partial charge on any atom is -0.377 e. The molecule has 0 aliphatic rings. The van der Waals surface area contributed by atoms with Gasteiger partial charge in [-0.05, 0) is 33.7 Å². The first-order valence-corrected chi connectivity index (χ1v) is 13.0. The van der Waals surface area contributed by atoms with E-state index in [0.29, 0.717) is 0 Å². The summed E-state index contributed by atoms with van der Waals surface area (Å²) in [5.41, 5.74) is 7.87. The van der Waals surface area contributed by atoms with Crippen molar-refractivity contribution in [3.63, 3.8) is 0 Å². The Morgan fingerprint density at radius 2 is 0.697 bits per heavy atom. The Kier molecular flexibility index (Phi) is 7.48. The van der Waals surface area contributed by atoms with Crippen LogP contribution in [-0.4, -0.2) is 8.56 Å². The van der Waals surface area contributed by atoms with E-state index in [9.17, 15) is 0 Å². The van der Waals surface area contributed by atoms with E-state index in [4.69, 9.17) is 8.85 Å². The molecule has 4 rings (SSSR count). The first kappa shape index (κ1) is 22.7. The number of hydrogen-bond donors (Lipinski definition) is 0. The predicted molar refractivity (Wildman–Crippen MR) is 138 cm³/mol. The van der Waals surface area contributed by atoms with Crippen LogP contribution in [0.5, 0.6) is 0 Å². The predicted octanol–water partition coefficient (Wildman–Crippen LogP) is 7.49. The molecular formula is C30H28O2Si. The lowest BCUT2D eigenvalue weighted by molar-refractivity contribution is 0.125. The third-order valence-electron chi connectivity index (χ3n) is 5.58. The van der Waals surface area contributed by atoms with Crippen LogP contribution in [0.2, 0.25) is 0 Å². The first-order valence-electron chi connectivity index (χ1n) is 11.1. The first-order chi connectivity index (χ1) is 16.2. The monoisotopic (exact) mass is 448 g/mol. The molecule has 33 heavy (non-hydrogen) atoms. The molecule has 4 aromatic carbocycles. The minimum atomic E-state index is -3.07. The van der Waals surface area contributed by atoms with Crippen LogP contribution >= 0.6 is 0 Å². The second-order valence-electron chi connectivity index (χ2n) is 7.77. The van der Waals surface area contributed by atoms with Crippen molar-refractivity contribution < 1.29 is 8.85 Å². The average molecular weight is 449 g/mol. The summed E-state index contributed by atoms with van der Waals surface area (Å²) in [6, 6.07) is 40.9.